The zero-order valence-corrected chi connectivity index (χ0v) is 11.1. The van der Waals surface area contributed by atoms with Gasteiger partial charge in [0.1, 0.15) is 11.6 Å². The molecule has 2 nitrogen and oxygen atoms in total. The summed E-state index contributed by atoms with van der Waals surface area (Å²) in [5, 5.41) is 6.48. The van der Waals surface area contributed by atoms with E-state index in [9.17, 15) is 13.6 Å². The topological polar surface area (TPSA) is 29.1 Å². The van der Waals surface area contributed by atoms with Crippen LogP contribution in [0.3, 0.4) is 0 Å². The number of hydrogen-bond acceptors (Lipinski definition) is 2. The summed E-state index contributed by atoms with van der Waals surface area (Å²) in [7, 11) is 0. The lowest BCUT2D eigenvalue weighted by Gasteiger charge is -2.15. The number of halogens is 2. The molecule has 0 saturated carbocycles. The Hall–Kier alpha value is -1.75. The van der Waals surface area contributed by atoms with Crippen molar-refractivity contribution in [3.8, 4) is 0 Å². The molecule has 0 bridgehead atoms. The van der Waals surface area contributed by atoms with E-state index < -0.39 is 17.7 Å². The van der Waals surface area contributed by atoms with Crippen molar-refractivity contribution < 1.29 is 13.6 Å². The highest BCUT2D eigenvalue weighted by Crippen LogP contribution is 2.18. The summed E-state index contributed by atoms with van der Waals surface area (Å²) in [6.45, 7) is 1.67. The van der Waals surface area contributed by atoms with Crippen molar-refractivity contribution in [3.63, 3.8) is 0 Å². The van der Waals surface area contributed by atoms with Crippen molar-refractivity contribution in [1.82, 2.24) is 5.32 Å². The summed E-state index contributed by atoms with van der Waals surface area (Å²) in [6, 6.07) is 4.72. The van der Waals surface area contributed by atoms with Gasteiger partial charge in [0.25, 0.3) is 0 Å². The minimum atomic E-state index is -0.650. The second kappa shape index (κ2) is 5.93. The van der Waals surface area contributed by atoms with Crippen LogP contribution in [0.1, 0.15) is 24.1 Å². The maximum Gasteiger partial charge on any atom is 0.224 e. The van der Waals surface area contributed by atoms with Crippen LogP contribution in [0, 0.1) is 11.6 Å². The fraction of sp³-hybridized carbons (Fsp3) is 0.214. The molecule has 100 valence electrons. The van der Waals surface area contributed by atoms with Crippen molar-refractivity contribution in [1.29, 1.82) is 0 Å². The van der Waals surface area contributed by atoms with Gasteiger partial charge in [0, 0.05) is 11.6 Å². The average Bonchev–Trinajstić information content (AvgIpc) is 2.81. The minimum Gasteiger partial charge on any atom is -0.349 e. The van der Waals surface area contributed by atoms with Crippen LogP contribution in [0.15, 0.2) is 35.0 Å². The Morgan fingerprint density at radius 3 is 2.79 bits per heavy atom. The van der Waals surface area contributed by atoms with Crippen molar-refractivity contribution in [2.24, 2.45) is 0 Å². The van der Waals surface area contributed by atoms with Crippen LogP contribution >= 0.6 is 11.3 Å². The number of thiophene rings is 1. The summed E-state index contributed by atoms with van der Waals surface area (Å²) >= 11 is 1.52. The molecule has 2 aromatic rings. The molecule has 1 amide bonds. The van der Waals surface area contributed by atoms with E-state index in [-0.39, 0.29) is 17.9 Å². The van der Waals surface area contributed by atoms with Crippen molar-refractivity contribution in [3.05, 3.63) is 57.8 Å². The molecule has 19 heavy (non-hydrogen) atoms. The first-order valence-electron chi connectivity index (χ1n) is 5.81. The molecule has 5 heteroatoms. The van der Waals surface area contributed by atoms with Gasteiger partial charge < -0.3 is 5.32 Å². The van der Waals surface area contributed by atoms with Crippen LogP contribution in [-0.2, 0) is 11.2 Å². The molecule has 1 aromatic carbocycles. The SMILES string of the molecule is CC(NC(=O)Cc1ccsc1)c1ccc(F)cc1F. The molecule has 0 fully saturated rings. The summed E-state index contributed by atoms with van der Waals surface area (Å²) < 4.78 is 26.3. The Kier molecular flexibility index (Phi) is 4.27. The van der Waals surface area contributed by atoms with E-state index in [2.05, 4.69) is 5.32 Å². The molecule has 0 radical (unpaired) electrons. The van der Waals surface area contributed by atoms with E-state index in [4.69, 9.17) is 0 Å². The van der Waals surface area contributed by atoms with Crippen molar-refractivity contribution >= 4 is 17.2 Å². The number of benzene rings is 1. The first-order chi connectivity index (χ1) is 9.06. The predicted molar refractivity (Wildman–Crippen MR) is 70.9 cm³/mol. The highest BCUT2D eigenvalue weighted by Gasteiger charge is 2.14. The number of carbonyl (C=O) groups excluding carboxylic acids is 1. The Balaban J connectivity index is 2.00. The summed E-state index contributed by atoms with van der Waals surface area (Å²) in [4.78, 5) is 11.8. The molecule has 1 unspecified atom stereocenters. The molecular weight excluding hydrogens is 268 g/mol. The Labute approximate surface area is 114 Å². The zero-order valence-electron chi connectivity index (χ0n) is 10.3. The lowest BCUT2D eigenvalue weighted by atomic mass is 10.1. The van der Waals surface area contributed by atoms with Crippen LogP contribution in [0.25, 0.3) is 0 Å². The number of rotatable bonds is 4. The zero-order chi connectivity index (χ0) is 13.8. The second-order valence-electron chi connectivity index (χ2n) is 4.26. The quantitative estimate of drug-likeness (QED) is 0.913. The van der Waals surface area contributed by atoms with Gasteiger partial charge in [0.2, 0.25) is 5.91 Å². The van der Waals surface area contributed by atoms with E-state index in [1.165, 1.54) is 23.5 Å². The number of hydrogen-bond donors (Lipinski definition) is 1. The maximum atomic E-state index is 13.5. The minimum absolute atomic E-state index is 0.186. The lowest BCUT2D eigenvalue weighted by molar-refractivity contribution is -0.121. The smallest absolute Gasteiger partial charge is 0.224 e. The molecule has 1 atom stereocenters. The van der Waals surface area contributed by atoms with Gasteiger partial charge in [0.15, 0.2) is 0 Å². The van der Waals surface area contributed by atoms with E-state index in [1.54, 1.807) is 6.92 Å². The molecule has 0 spiro atoms. The van der Waals surface area contributed by atoms with E-state index in [0.717, 1.165) is 11.6 Å². The van der Waals surface area contributed by atoms with Crippen LogP contribution in [-0.4, -0.2) is 5.91 Å². The molecular formula is C14H13F2NOS. The largest absolute Gasteiger partial charge is 0.349 e. The summed E-state index contributed by atoms with van der Waals surface area (Å²) in [5.74, 6) is -1.46. The monoisotopic (exact) mass is 281 g/mol. The van der Waals surface area contributed by atoms with Gasteiger partial charge >= 0.3 is 0 Å². The van der Waals surface area contributed by atoms with E-state index >= 15 is 0 Å². The molecule has 1 aromatic heterocycles. The molecule has 1 heterocycles. The van der Waals surface area contributed by atoms with Crippen molar-refractivity contribution in [2.75, 3.05) is 0 Å². The Morgan fingerprint density at radius 2 is 2.16 bits per heavy atom. The molecule has 2 rings (SSSR count). The van der Waals surface area contributed by atoms with Gasteiger partial charge in [-0.25, -0.2) is 8.78 Å². The Morgan fingerprint density at radius 1 is 1.37 bits per heavy atom. The predicted octanol–water partition coefficient (Wildman–Crippen LogP) is 3.45. The lowest BCUT2D eigenvalue weighted by Crippen LogP contribution is -2.28. The number of nitrogens with one attached hydrogen (secondary N) is 1. The fourth-order valence-electron chi connectivity index (χ4n) is 1.80. The van der Waals surface area contributed by atoms with Crippen LogP contribution < -0.4 is 5.32 Å². The third-order valence-corrected chi connectivity index (χ3v) is 3.48. The van der Waals surface area contributed by atoms with Gasteiger partial charge in [-0.3, -0.25) is 4.79 Å². The van der Waals surface area contributed by atoms with Gasteiger partial charge in [-0.1, -0.05) is 6.07 Å². The fourth-order valence-corrected chi connectivity index (χ4v) is 2.47. The standard InChI is InChI=1S/C14H13F2NOS/c1-9(12-3-2-11(15)7-13(12)16)17-14(18)6-10-4-5-19-8-10/h2-5,7-9H,6H2,1H3,(H,17,18). The molecule has 0 aliphatic carbocycles. The van der Waals surface area contributed by atoms with Crippen LogP contribution in [0.4, 0.5) is 8.78 Å². The van der Waals surface area contributed by atoms with Gasteiger partial charge in [-0.2, -0.15) is 11.3 Å². The normalized spacial score (nSPS) is 12.2. The third-order valence-electron chi connectivity index (χ3n) is 2.75. The van der Waals surface area contributed by atoms with E-state index in [0.29, 0.717) is 0 Å². The maximum absolute atomic E-state index is 13.5. The number of carbonyl (C=O) groups is 1. The van der Waals surface area contributed by atoms with Gasteiger partial charge in [-0.05, 0) is 35.4 Å². The second-order valence-corrected chi connectivity index (χ2v) is 5.04. The molecule has 0 aliphatic heterocycles. The summed E-state index contributed by atoms with van der Waals surface area (Å²) in [6.07, 6.45) is 0.261. The molecule has 0 saturated heterocycles. The number of amides is 1. The highest BCUT2D eigenvalue weighted by molar-refractivity contribution is 7.07. The van der Waals surface area contributed by atoms with Crippen LogP contribution in [0.2, 0.25) is 0 Å². The van der Waals surface area contributed by atoms with Gasteiger partial charge in [-0.15, -0.1) is 0 Å². The highest BCUT2D eigenvalue weighted by atomic mass is 32.1. The van der Waals surface area contributed by atoms with Crippen molar-refractivity contribution in [2.45, 2.75) is 19.4 Å². The van der Waals surface area contributed by atoms with Crippen LogP contribution in [0.5, 0.6) is 0 Å². The first kappa shape index (κ1) is 13.7. The van der Waals surface area contributed by atoms with Gasteiger partial charge in [0.05, 0.1) is 12.5 Å². The van der Waals surface area contributed by atoms with E-state index in [1.807, 2.05) is 16.8 Å². The third kappa shape index (κ3) is 3.61. The first-order valence-corrected chi connectivity index (χ1v) is 6.76. The summed E-state index contributed by atoms with van der Waals surface area (Å²) in [5.41, 5.74) is 1.20. The molecule has 1 N–H and O–H groups in total. The molecule has 0 aliphatic rings. The Bertz CT molecular complexity index is 569. The average molecular weight is 281 g/mol.